The average molecular weight is 586 g/mol. The van der Waals surface area contributed by atoms with Gasteiger partial charge < -0.3 is 14.0 Å². The topological polar surface area (TPSA) is 104 Å². The smallest absolute Gasteiger partial charge is 0.265 e. The van der Waals surface area contributed by atoms with Crippen LogP contribution in [0.3, 0.4) is 0 Å². The molecule has 42 heavy (non-hydrogen) atoms. The lowest BCUT2D eigenvalue weighted by atomic mass is 9.78. The molecule has 0 atom stereocenters. The van der Waals surface area contributed by atoms with Crippen molar-refractivity contribution in [2.75, 3.05) is 18.5 Å². The number of anilines is 1. The predicted molar refractivity (Wildman–Crippen MR) is 160 cm³/mol. The quantitative estimate of drug-likeness (QED) is 0.210. The monoisotopic (exact) mass is 585 g/mol. The van der Waals surface area contributed by atoms with E-state index < -0.39 is 10.0 Å². The third kappa shape index (κ3) is 4.92. The standard InChI is InChI=1S/C32H31N3O6S/c1-21-17-29(30(40-3)19-27(21)23-5-4-6-23)35-28-13-12-26(18-24(28)9-14-32(35)36)42(37,38)34(31-15-16-41-33-31)20-22-7-10-25(39-2)11-8-22/h7-19,23H,4-6,20H2,1-3H3. The van der Waals surface area contributed by atoms with Gasteiger partial charge in [0.1, 0.15) is 17.8 Å². The van der Waals surface area contributed by atoms with E-state index in [4.69, 9.17) is 14.0 Å². The highest BCUT2D eigenvalue weighted by Crippen LogP contribution is 2.41. The summed E-state index contributed by atoms with van der Waals surface area (Å²) in [4.78, 5) is 13.3. The Bertz CT molecular complexity index is 1910. The second-order valence-electron chi connectivity index (χ2n) is 10.5. The van der Waals surface area contributed by atoms with Gasteiger partial charge in [-0.1, -0.05) is 23.7 Å². The van der Waals surface area contributed by atoms with Crippen molar-refractivity contribution >= 4 is 26.7 Å². The molecule has 1 aliphatic carbocycles. The molecule has 0 bridgehead atoms. The highest BCUT2D eigenvalue weighted by Gasteiger charge is 2.28. The summed E-state index contributed by atoms with van der Waals surface area (Å²) in [7, 11) is -0.911. The summed E-state index contributed by atoms with van der Waals surface area (Å²) in [5.41, 5.74) is 4.03. The van der Waals surface area contributed by atoms with Crippen molar-refractivity contribution in [3.05, 3.63) is 106 Å². The number of aryl methyl sites for hydroxylation is 1. The van der Waals surface area contributed by atoms with Crippen molar-refractivity contribution in [3.63, 3.8) is 0 Å². The molecule has 5 aromatic rings. The number of nitrogens with zero attached hydrogens (tertiary/aromatic N) is 3. The Kier molecular flexibility index (Phi) is 7.24. The van der Waals surface area contributed by atoms with Crippen molar-refractivity contribution in [1.29, 1.82) is 0 Å². The second kappa shape index (κ2) is 11.0. The molecule has 1 aliphatic rings. The van der Waals surface area contributed by atoms with Gasteiger partial charge in [0, 0.05) is 17.5 Å². The normalized spacial score (nSPS) is 13.6. The molecule has 0 radical (unpaired) electrons. The summed E-state index contributed by atoms with van der Waals surface area (Å²) in [6, 6.07) is 20.5. The number of aromatic nitrogens is 2. The van der Waals surface area contributed by atoms with Gasteiger partial charge in [0.05, 0.1) is 36.9 Å². The molecule has 3 aromatic carbocycles. The van der Waals surface area contributed by atoms with Crippen molar-refractivity contribution in [2.45, 2.75) is 43.5 Å². The van der Waals surface area contributed by atoms with Crippen LogP contribution in [0.15, 0.2) is 93.3 Å². The number of benzene rings is 3. The van der Waals surface area contributed by atoms with Crippen LogP contribution in [0.25, 0.3) is 16.6 Å². The third-order valence-electron chi connectivity index (χ3n) is 7.97. The summed E-state index contributed by atoms with van der Waals surface area (Å²) < 4.78 is 46.8. The highest BCUT2D eigenvalue weighted by molar-refractivity contribution is 7.92. The fourth-order valence-corrected chi connectivity index (χ4v) is 6.90. The van der Waals surface area contributed by atoms with E-state index in [-0.39, 0.29) is 22.8 Å². The second-order valence-corrected chi connectivity index (χ2v) is 12.3. The first-order valence-corrected chi connectivity index (χ1v) is 15.1. The molecule has 6 rings (SSSR count). The number of ether oxygens (including phenoxy) is 2. The molecule has 0 saturated heterocycles. The molecule has 1 saturated carbocycles. The van der Waals surface area contributed by atoms with E-state index in [1.165, 1.54) is 40.8 Å². The van der Waals surface area contributed by atoms with Gasteiger partial charge in [0.25, 0.3) is 15.6 Å². The summed E-state index contributed by atoms with van der Waals surface area (Å²) in [5.74, 6) is 1.93. The van der Waals surface area contributed by atoms with Crippen molar-refractivity contribution in [1.82, 2.24) is 9.72 Å². The van der Waals surface area contributed by atoms with E-state index in [0.717, 1.165) is 24.0 Å². The molecule has 0 aliphatic heterocycles. The molecule has 0 amide bonds. The molecule has 2 heterocycles. The van der Waals surface area contributed by atoms with Crippen LogP contribution in [-0.4, -0.2) is 32.4 Å². The summed E-state index contributed by atoms with van der Waals surface area (Å²) in [5, 5.41) is 4.50. The lowest BCUT2D eigenvalue weighted by molar-refractivity contribution is 0.400. The molecule has 0 unspecified atom stereocenters. The van der Waals surface area contributed by atoms with Crippen LogP contribution in [0, 0.1) is 6.92 Å². The summed E-state index contributed by atoms with van der Waals surface area (Å²) >= 11 is 0. The van der Waals surface area contributed by atoms with Gasteiger partial charge in [-0.25, -0.2) is 12.7 Å². The fraction of sp³-hybridized carbons (Fsp3) is 0.250. The Morgan fingerprint density at radius 1 is 0.976 bits per heavy atom. The number of hydrogen-bond donors (Lipinski definition) is 0. The molecule has 9 nitrogen and oxygen atoms in total. The predicted octanol–water partition coefficient (Wildman–Crippen LogP) is 5.97. The largest absolute Gasteiger partial charge is 0.497 e. The Labute approximate surface area is 244 Å². The number of methoxy groups -OCH3 is 2. The average Bonchev–Trinajstić information content (AvgIpc) is 3.50. The van der Waals surface area contributed by atoms with Gasteiger partial charge >= 0.3 is 0 Å². The van der Waals surface area contributed by atoms with E-state index in [9.17, 15) is 13.2 Å². The summed E-state index contributed by atoms with van der Waals surface area (Å²) in [6.45, 7) is 2.08. The third-order valence-corrected chi connectivity index (χ3v) is 9.72. The van der Waals surface area contributed by atoms with Crippen LogP contribution in [-0.2, 0) is 16.6 Å². The maximum Gasteiger partial charge on any atom is 0.265 e. The first kappa shape index (κ1) is 27.6. The van der Waals surface area contributed by atoms with E-state index in [1.807, 2.05) is 12.1 Å². The minimum atomic E-state index is -4.08. The first-order valence-electron chi connectivity index (χ1n) is 13.7. The minimum Gasteiger partial charge on any atom is -0.497 e. The highest BCUT2D eigenvalue weighted by atomic mass is 32.2. The maximum absolute atomic E-state index is 14.0. The van der Waals surface area contributed by atoms with Gasteiger partial charge in [-0.05, 0) is 90.9 Å². The zero-order valence-corrected chi connectivity index (χ0v) is 24.4. The number of hydrogen-bond acceptors (Lipinski definition) is 7. The lowest BCUT2D eigenvalue weighted by Gasteiger charge is -2.28. The van der Waals surface area contributed by atoms with Gasteiger partial charge in [-0.2, -0.15) is 0 Å². The van der Waals surface area contributed by atoms with Crippen molar-refractivity contribution in [2.24, 2.45) is 0 Å². The van der Waals surface area contributed by atoms with Crippen LogP contribution in [0.4, 0.5) is 5.82 Å². The van der Waals surface area contributed by atoms with Gasteiger partial charge in [-0.15, -0.1) is 0 Å². The fourth-order valence-electron chi connectivity index (χ4n) is 5.47. The van der Waals surface area contributed by atoms with Crippen molar-refractivity contribution < 1.29 is 22.4 Å². The van der Waals surface area contributed by atoms with Gasteiger partial charge in [0.15, 0.2) is 5.82 Å². The van der Waals surface area contributed by atoms with Crippen LogP contribution >= 0.6 is 0 Å². The molecular formula is C32H31N3O6S. The Balaban J connectivity index is 1.43. The van der Waals surface area contributed by atoms with Crippen LogP contribution in [0.2, 0.25) is 0 Å². The zero-order valence-electron chi connectivity index (χ0n) is 23.6. The van der Waals surface area contributed by atoms with E-state index in [1.54, 1.807) is 61.3 Å². The Hall–Kier alpha value is -4.57. The number of sulfonamides is 1. The maximum atomic E-state index is 14.0. The molecular weight excluding hydrogens is 554 g/mol. The summed E-state index contributed by atoms with van der Waals surface area (Å²) in [6.07, 6.45) is 4.85. The SMILES string of the molecule is COc1ccc(CN(c2ccon2)S(=O)(=O)c2ccc3c(ccc(=O)n3-c3cc(C)c(C4CCC4)cc3OC)c2)cc1. The van der Waals surface area contributed by atoms with Crippen LogP contribution < -0.4 is 19.3 Å². The van der Waals surface area contributed by atoms with Crippen molar-refractivity contribution in [3.8, 4) is 17.2 Å². The number of rotatable bonds is 9. The molecule has 2 aromatic heterocycles. The van der Waals surface area contributed by atoms with Crippen LogP contribution in [0.5, 0.6) is 11.5 Å². The molecule has 216 valence electrons. The molecule has 1 fully saturated rings. The Morgan fingerprint density at radius 3 is 2.40 bits per heavy atom. The van der Waals surface area contributed by atoms with Crippen LogP contribution in [0.1, 0.15) is 41.9 Å². The van der Waals surface area contributed by atoms with E-state index >= 15 is 0 Å². The zero-order chi connectivity index (χ0) is 29.4. The molecule has 0 spiro atoms. The van der Waals surface area contributed by atoms with E-state index in [2.05, 4.69) is 12.1 Å². The minimum absolute atomic E-state index is 0.0280. The first-order chi connectivity index (χ1) is 20.3. The van der Waals surface area contributed by atoms with Gasteiger partial charge in [-0.3, -0.25) is 9.36 Å². The van der Waals surface area contributed by atoms with E-state index in [0.29, 0.717) is 34.0 Å². The van der Waals surface area contributed by atoms with Gasteiger partial charge in [0.2, 0.25) is 0 Å². The molecule has 10 heteroatoms. The molecule has 0 N–H and O–H groups in total. The Morgan fingerprint density at radius 2 is 1.76 bits per heavy atom. The number of fused-ring (bicyclic) bond motifs is 1. The number of pyridine rings is 1. The lowest BCUT2D eigenvalue weighted by Crippen LogP contribution is -2.31.